The van der Waals surface area contributed by atoms with E-state index in [2.05, 4.69) is 38.9 Å². The van der Waals surface area contributed by atoms with Gasteiger partial charge in [0, 0.05) is 60.5 Å². The Morgan fingerprint density at radius 1 is 1.08 bits per heavy atom. The number of rotatable bonds is 3. The molecule has 0 unspecified atom stereocenters. The number of pyridine rings is 1. The Morgan fingerprint density at radius 2 is 1.86 bits per heavy atom. The Hall–Kier alpha value is -4.08. The number of hydrogen-bond acceptors (Lipinski definition) is 5. The highest BCUT2D eigenvalue weighted by atomic mass is 16.2. The van der Waals surface area contributed by atoms with E-state index in [9.17, 15) is 14.4 Å². The Kier molecular flexibility index (Phi) is 5.13. The number of carbonyl (C=O) groups excluding carboxylic acids is 1. The minimum Gasteiger partial charge on any atom is -0.358 e. The molecular weight excluding hydrogens is 458 g/mol. The number of nitrogens with one attached hydrogen (secondary N) is 3. The molecule has 0 atom stereocenters. The number of amides is 1. The molecule has 1 saturated heterocycles. The summed E-state index contributed by atoms with van der Waals surface area (Å²) in [6, 6.07) is 10.9. The summed E-state index contributed by atoms with van der Waals surface area (Å²) in [4.78, 5) is 48.3. The van der Waals surface area contributed by atoms with Crippen LogP contribution in [0.3, 0.4) is 0 Å². The van der Waals surface area contributed by atoms with E-state index >= 15 is 0 Å². The third-order valence-corrected chi connectivity index (χ3v) is 7.50. The highest BCUT2D eigenvalue weighted by Gasteiger charge is 2.36. The number of nitrogens with zero attached hydrogens (tertiary/aromatic N) is 4. The molecule has 10 nitrogen and oxygen atoms in total. The van der Waals surface area contributed by atoms with Gasteiger partial charge < -0.3 is 19.8 Å². The van der Waals surface area contributed by atoms with Gasteiger partial charge in [-0.05, 0) is 31.0 Å². The monoisotopic (exact) mass is 487 g/mol. The van der Waals surface area contributed by atoms with Gasteiger partial charge in [-0.15, -0.1) is 0 Å². The highest BCUT2D eigenvalue weighted by molar-refractivity contribution is 5.95. The van der Waals surface area contributed by atoms with Crippen LogP contribution in [0.4, 0.5) is 5.82 Å². The van der Waals surface area contributed by atoms with E-state index in [1.807, 2.05) is 28.8 Å². The van der Waals surface area contributed by atoms with Crippen molar-refractivity contribution in [2.24, 2.45) is 0 Å². The van der Waals surface area contributed by atoms with E-state index in [1.165, 1.54) is 6.07 Å². The average Bonchev–Trinajstić information content (AvgIpc) is 3.47. The molecule has 4 aromatic rings. The van der Waals surface area contributed by atoms with Crippen LogP contribution in [-0.2, 0) is 12.0 Å². The minimum atomic E-state index is -0.300. The van der Waals surface area contributed by atoms with E-state index in [4.69, 9.17) is 0 Å². The fraction of sp³-hybridized carbons (Fsp3) is 0.385. The van der Waals surface area contributed by atoms with Crippen LogP contribution in [0.15, 0.2) is 52.2 Å². The van der Waals surface area contributed by atoms with Gasteiger partial charge in [-0.2, -0.15) is 5.10 Å². The van der Waals surface area contributed by atoms with Crippen molar-refractivity contribution in [3.63, 3.8) is 0 Å². The van der Waals surface area contributed by atoms with Gasteiger partial charge in [-0.3, -0.25) is 19.3 Å². The third kappa shape index (κ3) is 3.73. The Morgan fingerprint density at radius 3 is 2.67 bits per heavy atom. The van der Waals surface area contributed by atoms with Crippen molar-refractivity contribution >= 4 is 22.8 Å². The molecule has 0 spiro atoms. The SMILES string of the molecule is CC1(C)CN(C(=O)c2cc(N3CCC(n4c(=O)[nH]c5ccccc54)CC3)[nH]c(=O)c2)Cc2cn[nH]c21. The van der Waals surface area contributed by atoms with Crippen molar-refractivity contribution in [1.29, 1.82) is 0 Å². The molecule has 1 fully saturated rings. The van der Waals surface area contributed by atoms with Crippen LogP contribution in [0, 0.1) is 0 Å². The molecule has 6 rings (SSSR count). The van der Waals surface area contributed by atoms with Crippen molar-refractivity contribution in [2.75, 3.05) is 24.5 Å². The molecule has 2 aliphatic heterocycles. The second-order valence-corrected chi connectivity index (χ2v) is 10.5. The number of aromatic amines is 3. The molecule has 36 heavy (non-hydrogen) atoms. The van der Waals surface area contributed by atoms with Crippen LogP contribution < -0.4 is 16.1 Å². The first-order valence-corrected chi connectivity index (χ1v) is 12.3. The van der Waals surface area contributed by atoms with E-state index in [-0.39, 0.29) is 28.6 Å². The Labute approximate surface area is 206 Å². The first-order valence-electron chi connectivity index (χ1n) is 12.3. The molecule has 186 valence electrons. The van der Waals surface area contributed by atoms with Gasteiger partial charge in [0.2, 0.25) is 5.56 Å². The summed E-state index contributed by atoms with van der Waals surface area (Å²) in [5, 5.41) is 7.22. The van der Waals surface area contributed by atoms with E-state index in [0.29, 0.717) is 37.6 Å². The Balaban J connectivity index is 1.21. The molecule has 0 saturated carbocycles. The van der Waals surface area contributed by atoms with Crippen molar-refractivity contribution in [3.05, 3.63) is 80.3 Å². The van der Waals surface area contributed by atoms with Crippen LogP contribution in [0.2, 0.25) is 0 Å². The van der Waals surface area contributed by atoms with Crippen LogP contribution >= 0.6 is 0 Å². The van der Waals surface area contributed by atoms with Gasteiger partial charge in [-0.25, -0.2) is 4.79 Å². The number of piperidine rings is 1. The maximum Gasteiger partial charge on any atom is 0.326 e. The number of imidazole rings is 1. The molecular formula is C26H29N7O3. The summed E-state index contributed by atoms with van der Waals surface area (Å²) in [5.74, 6) is 0.471. The largest absolute Gasteiger partial charge is 0.358 e. The minimum absolute atomic E-state index is 0.0705. The zero-order valence-electron chi connectivity index (χ0n) is 20.4. The molecule has 1 aromatic carbocycles. The molecule has 0 radical (unpaired) electrons. The normalized spacial score (nSPS) is 17.9. The lowest BCUT2D eigenvalue weighted by Gasteiger charge is -2.37. The second-order valence-electron chi connectivity index (χ2n) is 10.5. The third-order valence-electron chi connectivity index (χ3n) is 7.50. The summed E-state index contributed by atoms with van der Waals surface area (Å²) >= 11 is 0. The van der Waals surface area contributed by atoms with Crippen LogP contribution in [0.1, 0.15) is 54.3 Å². The van der Waals surface area contributed by atoms with Crippen LogP contribution in [0.25, 0.3) is 11.0 Å². The van der Waals surface area contributed by atoms with Crippen molar-refractivity contribution in [3.8, 4) is 0 Å². The van der Waals surface area contributed by atoms with E-state index in [1.54, 1.807) is 17.2 Å². The van der Waals surface area contributed by atoms with Gasteiger partial charge in [-0.1, -0.05) is 26.0 Å². The fourth-order valence-electron chi connectivity index (χ4n) is 5.78. The summed E-state index contributed by atoms with van der Waals surface area (Å²) in [6.45, 7) is 6.49. The van der Waals surface area contributed by atoms with Crippen molar-refractivity contribution in [1.82, 2.24) is 29.6 Å². The highest BCUT2D eigenvalue weighted by Crippen LogP contribution is 2.32. The van der Waals surface area contributed by atoms with Gasteiger partial charge in [0.1, 0.15) is 5.82 Å². The number of para-hydroxylation sites is 2. The van der Waals surface area contributed by atoms with Gasteiger partial charge in [0.15, 0.2) is 0 Å². The number of benzene rings is 1. The summed E-state index contributed by atoms with van der Waals surface area (Å²) in [5.41, 5.74) is 3.52. The number of fused-ring (bicyclic) bond motifs is 2. The number of aromatic nitrogens is 5. The van der Waals surface area contributed by atoms with Crippen LogP contribution in [0.5, 0.6) is 0 Å². The van der Waals surface area contributed by atoms with Crippen molar-refractivity contribution in [2.45, 2.75) is 44.7 Å². The van der Waals surface area contributed by atoms with Crippen molar-refractivity contribution < 1.29 is 4.79 Å². The quantitative estimate of drug-likeness (QED) is 0.410. The number of H-pyrrole nitrogens is 3. The van der Waals surface area contributed by atoms with E-state index in [0.717, 1.165) is 35.1 Å². The number of anilines is 1. The molecule has 3 N–H and O–H groups in total. The van der Waals surface area contributed by atoms with Gasteiger partial charge in [0.25, 0.3) is 5.91 Å². The summed E-state index contributed by atoms with van der Waals surface area (Å²) in [7, 11) is 0. The predicted molar refractivity (Wildman–Crippen MR) is 136 cm³/mol. The number of hydrogen-bond donors (Lipinski definition) is 3. The lowest BCUT2D eigenvalue weighted by atomic mass is 9.83. The zero-order valence-corrected chi connectivity index (χ0v) is 20.4. The molecule has 3 aromatic heterocycles. The maximum absolute atomic E-state index is 13.5. The molecule has 5 heterocycles. The topological polar surface area (TPSA) is 123 Å². The molecule has 1 amide bonds. The van der Waals surface area contributed by atoms with Crippen LogP contribution in [-0.4, -0.2) is 55.2 Å². The molecule has 0 bridgehead atoms. The second kappa shape index (κ2) is 8.25. The zero-order chi connectivity index (χ0) is 25.0. The lowest BCUT2D eigenvalue weighted by molar-refractivity contribution is 0.0684. The number of carbonyl (C=O) groups is 1. The first kappa shape index (κ1) is 22.4. The Bertz CT molecular complexity index is 1570. The average molecular weight is 488 g/mol. The summed E-state index contributed by atoms with van der Waals surface area (Å²) in [6.07, 6.45) is 3.28. The van der Waals surface area contributed by atoms with E-state index < -0.39 is 0 Å². The predicted octanol–water partition coefficient (Wildman–Crippen LogP) is 2.52. The molecule has 10 heteroatoms. The lowest BCUT2D eigenvalue weighted by Crippen LogP contribution is -2.45. The first-order chi connectivity index (χ1) is 17.3. The van der Waals surface area contributed by atoms with Gasteiger partial charge >= 0.3 is 5.69 Å². The smallest absolute Gasteiger partial charge is 0.326 e. The summed E-state index contributed by atoms with van der Waals surface area (Å²) < 4.78 is 1.84. The standard InChI is InChI=1S/C26H29N7O3/c1-26(2)15-32(14-17-13-27-30-23(17)26)24(35)16-11-21(29-22(34)12-16)31-9-7-18(8-10-31)33-20-6-4-3-5-19(20)28-25(33)36/h3-6,11-13,18H,7-10,14-15H2,1-2H3,(H,27,30)(H,28,36)(H,29,34). The maximum atomic E-state index is 13.5. The molecule has 0 aliphatic carbocycles. The van der Waals surface area contributed by atoms with Gasteiger partial charge in [0.05, 0.1) is 17.2 Å². The fourth-order valence-corrected chi connectivity index (χ4v) is 5.78. The molecule has 2 aliphatic rings.